The van der Waals surface area contributed by atoms with Crippen LogP contribution >= 0.6 is 0 Å². The van der Waals surface area contributed by atoms with Crippen LogP contribution in [-0.2, 0) is 0 Å². The first-order chi connectivity index (χ1) is 11.2. The molecule has 0 aromatic rings. The van der Waals surface area contributed by atoms with Crippen molar-refractivity contribution in [3.63, 3.8) is 0 Å². The van der Waals surface area contributed by atoms with Gasteiger partial charge in [0.2, 0.25) is 0 Å². The average molecular weight is 387 g/mol. The lowest BCUT2D eigenvalue weighted by atomic mass is 9.47. The number of hydrogen-bond acceptors (Lipinski definition) is 0. The van der Waals surface area contributed by atoms with Crippen molar-refractivity contribution in [2.24, 2.45) is 16.7 Å². The Labute approximate surface area is 137 Å². The molecule has 0 heterocycles. The van der Waals surface area contributed by atoms with Crippen molar-refractivity contribution in [1.29, 1.82) is 0 Å². The first kappa shape index (κ1) is 20.6. The van der Waals surface area contributed by atoms with Gasteiger partial charge in [-0.15, -0.1) is 0 Å². The summed E-state index contributed by atoms with van der Waals surface area (Å²) < 4.78 is 138. The normalized spacial score (nSPS) is 30.5. The third kappa shape index (κ3) is 2.72. The first-order valence-corrected chi connectivity index (χ1v) is 7.95. The van der Waals surface area contributed by atoms with Crippen molar-refractivity contribution in [1.82, 2.24) is 0 Å². The molecule has 1 radical (unpaired) electrons. The highest BCUT2D eigenvalue weighted by atomic mass is 19.4. The summed E-state index contributed by atoms with van der Waals surface area (Å²) in [4.78, 5) is 0. The molecule has 10 heteroatoms. The van der Waals surface area contributed by atoms with Crippen molar-refractivity contribution in [2.45, 2.75) is 69.9 Å². The summed E-state index contributed by atoms with van der Waals surface area (Å²) in [6.07, 6.45) is -25.1. The van der Waals surface area contributed by atoms with E-state index in [-0.39, 0.29) is 12.8 Å². The number of halogens is 10. The van der Waals surface area contributed by atoms with Gasteiger partial charge in [-0.1, -0.05) is 19.3 Å². The van der Waals surface area contributed by atoms with Gasteiger partial charge >= 0.3 is 18.5 Å². The van der Waals surface area contributed by atoms with E-state index in [4.69, 9.17) is 0 Å². The maximum absolute atomic E-state index is 14.5. The van der Waals surface area contributed by atoms with Crippen LogP contribution in [-0.4, -0.2) is 18.5 Å². The summed E-state index contributed by atoms with van der Waals surface area (Å²) in [5, 5.41) is 0. The van der Waals surface area contributed by atoms with Gasteiger partial charge in [-0.05, 0) is 38.0 Å². The van der Waals surface area contributed by atoms with E-state index in [2.05, 4.69) is 0 Å². The van der Waals surface area contributed by atoms with E-state index in [1.54, 1.807) is 0 Å². The number of rotatable bonds is 1. The van der Waals surface area contributed by atoms with E-state index in [9.17, 15) is 43.9 Å². The molecule has 2 saturated carbocycles. The Bertz CT molecular complexity index is 454. The Balaban J connectivity index is 2.85. The van der Waals surface area contributed by atoms with Crippen LogP contribution in [0.2, 0.25) is 0 Å². The summed E-state index contributed by atoms with van der Waals surface area (Å²) in [5.74, 6) is -2.08. The lowest BCUT2D eigenvalue weighted by Crippen LogP contribution is -2.71. The van der Waals surface area contributed by atoms with Crippen molar-refractivity contribution in [3.8, 4) is 0 Å². The maximum atomic E-state index is 14.5. The Hall–Kier alpha value is -0.700. The summed E-state index contributed by atoms with van der Waals surface area (Å²) in [6, 6.07) is 0. The third-order valence-electron chi connectivity index (χ3n) is 5.68. The molecule has 2 rings (SSSR count). The molecule has 0 aromatic heterocycles. The SMILES string of the molecule is F[C]1CCCC(C(F)(F)F)(C(F)(F)F)C1(C1CCCCC1)C(F)(F)F. The summed E-state index contributed by atoms with van der Waals surface area (Å²) in [5.41, 5.74) is -9.73. The molecular weight excluding hydrogens is 370 g/mol. The fourth-order valence-electron chi connectivity index (χ4n) is 4.76. The van der Waals surface area contributed by atoms with E-state index in [1.165, 1.54) is 0 Å². The van der Waals surface area contributed by atoms with E-state index < -0.39 is 73.6 Å². The Morgan fingerprint density at radius 3 is 1.56 bits per heavy atom. The fourth-order valence-corrected chi connectivity index (χ4v) is 4.76. The highest BCUT2D eigenvalue weighted by molar-refractivity contribution is 5.23. The highest BCUT2D eigenvalue weighted by Gasteiger charge is 2.89. The Kier molecular flexibility index (Phi) is 5.09. The predicted molar refractivity (Wildman–Crippen MR) is 67.8 cm³/mol. The molecule has 0 aliphatic heterocycles. The summed E-state index contributed by atoms with van der Waals surface area (Å²) in [6.45, 7) is 0. The van der Waals surface area contributed by atoms with Crippen molar-refractivity contribution >= 4 is 0 Å². The van der Waals surface area contributed by atoms with E-state index in [0.29, 0.717) is 6.42 Å². The molecule has 0 nitrogen and oxygen atoms in total. The van der Waals surface area contributed by atoms with Gasteiger partial charge < -0.3 is 0 Å². The zero-order valence-corrected chi connectivity index (χ0v) is 13.0. The molecule has 0 amide bonds. The van der Waals surface area contributed by atoms with Crippen LogP contribution in [0.5, 0.6) is 0 Å². The zero-order chi connectivity index (χ0) is 19.3. The van der Waals surface area contributed by atoms with Crippen molar-refractivity contribution in [3.05, 3.63) is 6.17 Å². The van der Waals surface area contributed by atoms with Gasteiger partial charge in [0.05, 0.1) is 0 Å². The molecule has 0 aromatic carbocycles. The van der Waals surface area contributed by atoms with Crippen LogP contribution < -0.4 is 0 Å². The number of alkyl halides is 9. The molecule has 2 aliphatic rings. The maximum Gasteiger partial charge on any atom is 0.404 e. The Morgan fingerprint density at radius 1 is 0.680 bits per heavy atom. The molecule has 25 heavy (non-hydrogen) atoms. The lowest BCUT2D eigenvalue weighted by Gasteiger charge is -2.59. The van der Waals surface area contributed by atoms with Crippen molar-refractivity contribution < 1.29 is 43.9 Å². The minimum atomic E-state index is -6.28. The second-order valence-electron chi connectivity index (χ2n) is 6.80. The van der Waals surface area contributed by atoms with Crippen molar-refractivity contribution in [2.75, 3.05) is 0 Å². The van der Waals surface area contributed by atoms with E-state index in [1.807, 2.05) is 0 Å². The largest absolute Gasteiger partial charge is 0.404 e. The molecule has 2 aliphatic carbocycles. The molecule has 0 bridgehead atoms. The molecule has 2 fully saturated rings. The van der Waals surface area contributed by atoms with Crippen LogP contribution in [0, 0.1) is 22.9 Å². The standard InChI is InChI=1S/C15H17F10/c16-10-7-4-8-11(13(17,18)19,14(20,21)22)12(10,15(23,24)25)9-5-2-1-3-6-9/h9H,1-8H2. The minimum Gasteiger partial charge on any atom is -0.239 e. The van der Waals surface area contributed by atoms with Crippen LogP contribution in [0.15, 0.2) is 0 Å². The van der Waals surface area contributed by atoms with Gasteiger partial charge in [0.25, 0.3) is 0 Å². The van der Waals surface area contributed by atoms with Crippen LogP contribution in [0.3, 0.4) is 0 Å². The molecule has 1 unspecified atom stereocenters. The van der Waals surface area contributed by atoms with E-state index >= 15 is 0 Å². The second kappa shape index (κ2) is 6.18. The fraction of sp³-hybridized carbons (Fsp3) is 0.933. The van der Waals surface area contributed by atoms with Gasteiger partial charge in [0, 0.05) is 0 Å². The first-order valence-electron chi connectivity index (χ1n) is 7.95. The molecular formula is C15H17F10. The van der Waals surface area contributed by atoms with Gasteiger partial charge in [-0.25, -0.2) is 4.39 Å². The second-order valence-corrected chi connectivity index (χ2v) is 6.80. The quantitative estimate of drug-likeness (QED) is 0.429. The molecule has 0 spiro atoms. The Morgan fingerprint density at radius 2 is 1.16 bits per heavy atom. The lowest BCUT2D eigenvalue weighted by molar-refractivity contribution is -0.439. The number of hydrogen-bond donors (Lipinski definition) is 0. The minimum absolute atomic E-state index is 0.0432. The van der Waals surface area contributed by atoms with E-state index in [0.717, 1.165) is 0 Å². The zero-order valence-electron chi connectivity index (χ0n) is 13.0. The highest BCUT2D eigenvalue weighted by Crippen LogP contribution is 2.76. The van der Waals surface area contributed by atoms with Gasteiger partial charge in [0.15, 0.2) is 11.6 Å². The summed E-state index contributed by atoms with van der Waals surface area (Å²) in [7, 11) is 0. The monoisotopic (exact) mass is 387 g/mol. The predicted octanol–water partition coefficient (Wildman–Crippen LogP) is 6.91. The van der Waals surface area contributed by atoms with Gasteiger partial charge in [-0.3, -0.25) is 0 Å². The molecule has 1 atom stereocenters. The molecule has 0 N–H and O–H groups in total. The third-order valence-corrected chi connectivity index (χ3v) is 5.68. The molecule has 0 saturated heterocycles. The smallest absolute Gasteiger partial charge is 0.239 e. The van der Waals surface area contributed by atoms with Gasteiger partial charge in [0.1, 0.15) is 5.41 Å². The van der Waals surface area contributed by atoms with Crippen LogP contribution in [0.1, 0.15) is 51.4 Å². The average Bonchev–Trinajstić information content (AvgIpc) is 2.44. The van der Waals surface area contributed by atoms with Gasteiger partial charge in [-0.2, -0.15) is 39.5 Å². The van der Waals surface area contributed by atoms with Crippen LogP contribution in [0.4, 0.5) is 43.9 Å². The molecule has 147 valence electrons. The topological polar surface area (TPSA) is 0 Å². The van der Waals surface area contributed by atoms with Crippen LogP contribution in [0.25, 0.3) is 0 Å². The summed E-state index contributed by atoms with van der Waals surface area (Å²) >= 11 is 0.